The quantitative estimate of drug-likeness (QED) is 0.752. The van der Waals surface area contributed by atoms with Crippen LogP contribution in [0.4, 0.5) is 11.4 Å². The number of methoxy groups -OCH3 is 1. The molecule has 0 saturated heterocycles. The normalized spacial score (nSPS) is 18.3. The van der Waals surface area contributed by atoms with Crippen molar-refractivity contribution in [2.75, 3.05) is 38.2 Å². The van der Waals surface area contributed by atoms with E-state index in [9.17, 15) is 5.11 Å². The number of aliphatic imine (C=N–C) groups is 1. The molecule has 142 valence electrons. The predicted octanol–water partition coefficient (Wildman–Crippen LogP) is 4.34. The fourth-order valence-electron chi connectivity index (χ4n) is 3.22. The molecule has 0 aromatic heterocycles. The molecule has 0 spiro atoms. The third-order valence-electron chi connectivity index (χ3n) is 4.81. The molecule has 1 aromatic carbocycles. The first-order chi connectivity index (χ1) is 12.6. The molecule has 0 aliphatic heterocycles. The van der Waals surface area contributed by atoms with Gasteiger partial charge in [-0.2, -0.15) is 0 Å². The lowest BCUT2D eigenvalue weighted by atomic mass is 10.1. The number of hydrogen-bond acceptors (Lipinski definition) is 5. The zero-order valence-corrected chi connectivity index (χ0v) is 16.6. The summed E-state index contributed by atoms with van der Waals surface area (Å²) in [6.07, 6.45) is 5.81. The van der Waals surface area contributed by atoms with Gasteiger partial charge in [0.2, 0.25) is 0 Å². The summed E-state index contributed by atoms with van der Waals surface area (Å²) in [4.78, 5) is 9.14. The molecule has 0 heterocycles. The van der Waals surface area contributed by atoms with Crippen molar-refractivity contribution >= 4 is 17.1 Å². The Morgan fingerprint density at radius 3 is 2.31 bits per heavy atom. The number of ether oxygens (including phenoxy) is 1. The van der Waals surface area contributed by atoms with Crippen molar-refractivity contribution in [2.45, 2.75) is 33.7 Å². The van der Waals surface area contributed by atoms with E-state index in [0.717, 1.165) is 31.9 Å². The van der Waals surface area contributed by atoms with Crippen molar-refractivity contribution in [1.29, 1.82) is 0 Å². The van der Waals surface area contributed by atoms with Crippen LogP contribution in [0.2, 0.25) is 0 Å². The van der Waals surface area contributed by atoms with Gasteiger partial charge in [-0.1, -0.05) is 19.9 Å². The van der Waals surface area contributed by atoms with Crippen LogP contribution in [-0.4, -0.2) is 55.0 Å². The molecule has 0 fully saturated rings. The van der Waals surface area contributed by atoms with Gasteiger partial charge in [0.15, 0.2) is 0 Å². The van der Waals surface area contributed by atoms with Crippen molar-refractivity contribution in [2.24, 2.45) is 4.99 Å². The smallest absolute Gasteiger partial charge is 0.146 e. The molecule has 0 amide bonds. The highest BCUT2D eigenvalue weighted by Crippen LogP contribution is 2.33. The van der Waals surface area contributed by atoms with Gasteiger partial charge < -0.3 is 14.7 Å². The van der Waals surface area contributed by atoms with Crippen LogP contribution in [0, 0.1) is 0 Å². The Bertz CT molecular complexity index is 686. The molecule has 1 aliphatic carbocycles. The fraction of sp³-hybridized carbons (Fsp3) is 0.476. The fourth-order valence-corrected chi connectivity index (χ4v) is 3.22. The van der Waals surface area contributed by atoms with Gasteiger partial charge in [0.25, 0.3) is 0 Å². The Morgan fingerprint density at radius 1 is 1.08 bits per heavy atom. The van der Waals surface area contributed by atoms with Gasteiger partial charge in [0.1, 0.15) is 22.9 Å². The Morgan fingerprint density at radius 2 is 1.77 bits per heavy atom. The van der Waals surface area contributed by atoms with Crippen LogP contribution in [0.1, 0.15) is 27.7 Å². The zero-order chi connectivity index (χ0) is 19.1. The molecule has 1 unspecified atom stereocenters. The predicted molar refractivity (Wildman–Crippen MR) is 110 cm³/mol. The van der Waals surface area contributed by atoms with Gasteiger partial charge in [-0.3, -0.25) is 4.90 Å². The van der Waals surface area contributed by atoms with Crippen LogP contribution in [0.15, 0.2) is 47.2 Å². The van der Waals surface area contributed by atoms with E-state index in [0.29, 0.717) is 17.1 Å². The van der Waals surface area contributed by atoms with Gasteiger partial charge in [-0.05, 0) is 51.2 Å². The van der Waals surface area contributed by atoms with E-state index in [1.165, 1.54) is 0 Å². The molecule has 2 rings (SSSR count). The molecule has 5 heteroatoms. The highest BCUT2D eigenvalue weighted by Gasteiger charge is 2.18. The summed E-state index contributed by atoms with van der Waals surface area (Å²) in [7, 11) is 1.65. The summed E-state index contributed by atoms with van der Waals surface area (Å²) in [6, 6.07) is 6.09. The van der Waals surface area contributed by atoms with Crippen molar-refractivity contribution < 1.29 is 9.84 Å². The van der Waals surface area contributed by atoms with Crippen LogP contribution >= 0.6 is 0 Å². The standard InChI is InChI=1S/C21H31N3O2/c1-6-23(7-2)16-10-12-18(20(25)14-16)22-19-13-11-17(15-21(19)26-5)24(8-3)9-4/h10-16,25H,6-9H2,1-5H3. The van der Waals surface area contributed by atoms with Crippen LogP contribution in [0.25, 0.3) is 0 Å². The average molecular weight is 357 g/mol. The molecule has 0 saturated carbocycles. The maximum atomic E-state index is 10.4. The third kappa shape index (κ3) is 4.47. The maximum Gasteiger partial charge on any atom is 0.146 e. The lowest BCUT2D eigenvalue weighted by molar-refractivity contribution is 0.282. The summed E-state index contributed by atoms with van der Waals surface area (Å²) >= 11 is 0. The number of rotatable bonds is 8. The summed E-state index contributed by atoms with van der Waals surface area (Å²) < 4.78 is 5.53. The summed E-state index contributed by atoms with van der Waals surface area (Å²) in [6.45, 7) is 12.2. The molecular formula is C21H31N3O2. The third-order valence-corrected chi connectivity index (χ3v) is 4.81. The summed E-state index contributed by atoms with van der Waals surface area (Å²) in [5.41, 5.74) is 2.38. The number of nitrogens with zero attached hydrogens (tertiary/aromatic N) is 3. The largest absolute Gasteiger partial charge is 0.506 e. The van der Waals surface area contributed by atoms with E-state index < -0.39 is 0 Å². The van der Waals surface area contributed by atoms with E-state index in [4.69, 9.17) is 4.74 Å². The summed E-state index contributed by atoms with van der Waals surface area (Å²) in [5, 5.41) is 10.4. The first-order valence-electron chi connectivity index (χ1n) is 9.42. The number of aliphatic hydroxyl groups excluding tert-OH is 1. The van der Waals surface area contributed by atoms with Crippen molar-refractivity contribution in [3.8, 4) is 5.75 Å². The topological polar surface area (TPSA) is 48.3 Å². The number of benzene rings is 1. The van der Waals surface area contributed by atoms with E-state index in [-0.39, 0.29) is 11.8 Å². The van der Waals surface area contributed by atoms with E-state index >= 15 is 0 Å². The number of hydrogen-bond donors (Lipinski definition) is 1. The minimum absolute atomic E-state index is 0.107. The van der Waals surface area contributed by atoms with Crippen molar-refractivity contribution in [3.05, 3.63) is 42.2 Å². The Kier molecular flexibility index (Phi) is 7.27. The molecule has 1 N–H and O–H groups in total. The molecular weight excluding hydrogens is 326 g/mol. The monoisotopic (exact) mass is 357 g/mol. The lowest BCUT2D eigenvalue weighted by Crippen LogP contribution is -2.34. The van der Waals surface area contributed by atoms with Crippen LogP contribution in [-0.2, 0) is 0 Å². The highest BCUT2D eigenvalue weighted by molar-refractivity contribution is 6.09. The number of likely N-dealkylation sites (N-methyl/N-ethyl adjacent to an activating group) is 1. The molecule has 0 radical (unpaired) electrons. The van der Waals surface area contributed by atoms with E-state index in [1.807, 2.05) is 30.4 Å². The van der Waals surface area contributed by atoms with Gasteiger partial charge >= 0.3 is 0 Å². The Labute approximate surface area is 157 Å². The molecule has 1 aromatic rings. The second-order valence-electron chi connectivity index (χ2n) is 6.15. The number of allylic oxidation sites excluding steroid dienone is 1. The molecule has 26 heavy (non-hydrogen) atoms. The van der Waals surface area contributed by atoms with Crippen LogP contribution in [0.5, 0.6) is 5.75 Å². The zero-order valence-electron chi connectivity index (χ0n) is 16.6. The first-order valence-corrected chi connectivity index (χ1v) is 9.42. The van der Waals surface area contributed by atoms with Crippen molar-refractivity contribution in [1.82, 2.24) is 4.90 Å². The van der Waals surface area contributed by atoms with Gasteiger partial charge in [-0.25, -0.2) is 4.99 Å². The number of anilines is 1. The summed E-state index contributed by atoms with van der Waals surface area (Å²) in [5.74, 6) is 0.910. The Balaban J connectivity index is 2.30. The Hall–Kier alpha value is -2.27. The molecule has 5 nitrogen and oxygen atoms in total. The molecule has 1 aliphatic rings. The molecule has 1 atom stereocenters. The number of aliphatic hydroxyl groups is 1. The van der Waals surface area contributed by atoms with Crippen molar-refractivity contribution in [3.63, 3.8) is 0 Å². The second kappa shape index (κ2) is 9.43. The first kappa shape index (κ1) is 20.0. The average Bonchev–Trinajstić information content (AvgIpc) is 2.66. The van der Waals surface area contributed by atoms with Gasteiger partial charge in [0, 0.05) is 24.8 Å². The highest BCUT2D eigenvalue weighted by atomic mass is 16.5. The SMILES string of the molecule is CCN(CC)c1ccc(N=C2C=CC(N(CC)CC)C=C2O)c(OC)c1. The van der Waals surface area contributed by atoms with Gasteiger partial charge in [-0.15, -0.1) is 0 Å². The minimum atomic E-state index is 0.107. The minimum Gasteiger partial charge on any atom is -0.506 e. The van der Waals surface area contributed by atoms with Crippen LogP contribution < -0.4 is 9.64 Å². The van der Waals surface area contributed by atoms with E-state index in [2.05, 4.69) is 48.6 Å². The molecule has 0 bridgehead atoms. The van der Waals surface area contributed by atoms with Gasteiger partial charge in [0.05, 0.1) is 13.2 Å². The lowest BCUT2D eigenvalue weighted by Gasteiger charge is -2.26. The van der Waals surface area contributed by atoms with E-state index in [1.54, 1.807) is 7.11 Å². The maximum absolute atomic E-state index is 10.4. The second-order valence-corrected chi connectivity index (χ2v) is 6.15. The van der Waals surface area contributed by atoms with Crippen LogP contribution in [0.3, 0.4) is 0 Å².